The molecule has 0 bridgehead atoms. The van der Waals surface area contributed by atoms with E-state index in [9.17, 15) is 0 Å². The summed E-state index contributed by atoms with van der Waals surface area (Å²) in [6.07, 6.45) is 12.9. The first kappa shape index (κ1) is 19.9. The molecule has 154 valence electrons. The van der Waals surface area contributed by atoms with Crippen molar-refractivity contribution in [3.05, 3.63) is 47.4 Å². The minimum Gasteiger partial charge on any atom is -0.398 e. The highest BCUT2D eigenvalue weighted by Crippen LogP contribution is 2.52. The zero-order valence-corrected chi connectivity index (χ0v) is 17.6. The molecular weight excluding hydrogens is 358 g/mol. The van der Waals surface area contributed by atoms with Gasteiger partial charge in [-0.25, -0.2) is 9.97 Å². The van der Waals surface area contributed by atoms with Crippen LogP contribution < -0.4 is 10.6 Å². The van der Waals surface area contributed by atoms with Gasteiger partial charge in [0.15, 0.2) is 0 Å². The van der Waals surface area contributed by atoms with Crippen molar-refractivity contribution in [2.24, 2.45) is 5.41 Å². The second kappa shape index (κ2) is 8.52. The summed E-state index contributed by atoms with van der Waals surface area (Å²) in [5, 5.41) is 8.79. The van der Waals surface area contributed by atoms with Crippen LogP contribution in [0.2, 0.25) is 0 Å². The number of rotatable bonds is 8. The van der Waals surface area contributed by atoms with Gasteiger partial charge in [0.05, 0.1) is 11.4 Å². The van der Waals surface area contributed by atoms with Crippen molar-refractivity contribution in [1.29, 1.82) is 5.41 Å². The van der Waals surface area contributed by atoms with Crippen LogP contribution in [-0.2, 0) is 6.42 Å². The lowest BCUT2D eigenvalue weighted by atomic mass is 9.89. The number of unbranched alkanes of at least 4 members (excludes halogenated alkanes) is 1. The topological polar surface area (TPSA) is 78.9 Å². The molecule has 2 heterocycles. The Labute approximate surface area is 174 Å². The third-order valence-corrected chi connectivity index (χ3v) is 6.57. The number of aromatic nitrogens is 2. The lowest BCUT2D eigenvalue weighted by Crippen LogP contribution is -2.30. The molecule has 1 saturated heterocycles. The van der Waals surface area contributed by atoms with Gasteiger partial charge in [-0.15, -0.1) is 0 Å². The highest BCUT2D eigenvalue weighted by molar-refractivity contribution is 6.13. The fourth-order valence-electron chi connectivity index (χ4n) is 4.52. The summed E-state index contributed by atoms with van der Waals surface area (Å²) in [5.74, 6) is 0.922. The average molecular weight is 392 g/mol. The van der Waals surface area contributed by atoms with Crippen LogP contribution >= 0.6 is 0 Å². The summed E-state index contributed by atoms with van der Waals surface area (Å²) < 4.78 is 0. The maximum atomic E-state index is 8.79. The van der Waals surface area contributed by atoms with E-state index in [-0.39, 0.29) is 0 Å². The summed E-state index contributed by atoms with van der Waals surface area (Å²) in [7, 11) is 0. The van der Waals surface area contributed by atoms with E-state index >= 15 is 0 Å². The Kier molecular flexibility index (Phi) is 5.84. The molecule has 0 atom stereocenters. The predicted molar refractivity (Wildman–Crippen MR) is 120 cm³/mol. The van der Waals surface area contributed by atoms with Crippen LogP contribution in [0.4, 0.5) is 11.5 Å². The molecule has 29 heavy (non-hydrogen) atoms. The minimum atomic E-state index is 0.392. The molecule has 1 saturated carbocycles. The van der Waals surface area contributed by atoms with Crippen LogP contribution in [0.25, 0.3) is 0 Å². The molecule has 0 amide bonds. The van der Waals surface area contributed by atoms with E-state index in [4.69, 9.17) is 11.1 Å². The first-order chi connectivity index (χ1) is 14.1. The largest absolute Gasteiger partial charge is 0.398 e. The van der Waals surface area contributed by atoms with Crippen LogP contribution in [0.5, 0.6) is 0 Å². The second-order valence-corrected chi connectivity index (χ2v) is 8.89. The molecule has 0 spiro atoms. The number of piperidine rings is 1. The molecular formula is C24H33N5. The predicted octanol–water partition coefficient (Wildman–Crippen LogP) is 4.98. The number of hydrogen-bond acceptors (Lipinski definition) is 5. The molecule has 1 aromatic heterocycles. The van der Waals surface area contributed by atoms with Crippen LogP contribution in [0, 0.1) is 10.8 Å². The first-order valence-corrected chi connectivity index (χ1v) is 11.1. The number of benzene rings is 1. The van der Waals surface area contributed by atoms with E-state index in [1.54, 1.807) is 6.33 Å². The number of nitrogens with zero attached hydrogens (tertiary/aromatic N) is 3. The summed E-state index contributed by atoms with van der Waals surface area (Å²) >= 11 is 0. The van der Waals surface area contributed by atoms with E-state index in [2.05, 4.69) is 33.9 Å². The minimum absolute atomic E-state index is 0.392. The van der Waals surface area contributed by atoms with E-state index in [0.29, 0.717) is 22.5 Å². The van der Waals surface area contributed by atoms with Crippen LogP contribution in [-0.4, -0.2) is 28.8 Å². The van der Waals surface area contributed by atoms with Gasteiger partial charge in [-0.3, -0.25) is 5.41 Å². The van der Waals surface area contributed by atoms with Gasteiger partial charge in [0, 0.05) is 30.4 Å². The van der Waals surface area contributed by atoms with Gasteiger partial charge >= 0.3 is 0 Å². The Bertz CT molecular complexity index is 865. The van der Waals surface area contributed by atoms with E-state index < -0.39 is 0 Å². The van der Waals surface area contributed by atoms with Crippen molar-refractivity contribution in [3.8, 4) is 0 Å². The number of nitrogens with two attached hydrogens (primary N) is 1. The average Bonchev–Trinajstić information content (AvgIpc) is 3.53. The molecule has 5 heteroatoms. The Morgan fingerprint density at radius 3 is 2.66 bits per heavy atom. The Morgan fingerprint density at radius 1 is 1.14 bits per heavy atom. The number of anilines is 2. The van der Waals surface area contributed by atoms with E-state index in [1.807, 2.05) is 12.1 Å². The van der Waals surface area contributed by atoms with Crippen molar-refractivity contribution in [3.63, 3.8) is 0 Å². The number of hydrogen-bond donors (Lipinski definition) is 2. The molecule has 5 nitrogen and oxygen atoms in total. The molecule has 4 rings (SSSR count). The third kappa shape index (κ3) is 4.60. The van der Waals surface area contributed by atoms with Crippen LogP contribution in [0.3, 0.4) is 0 Å². The SMILES string of the molecule is CCCCC1(Cc2ccc(N)c(C(=N)c3cc(N4CCCCC4)ncn3)c2)CC1. The van der Waals surface area contributed by atoms with Gasteiger partial charge in [0.1, 0.15) is 12.1 Å². The standard InChI is InChI=1S/C24H33N5/c1-2-3-9-24(10-11-24)16-18-7-8-20(25)19(14-18)23(26)21-15-22(28-17-27-21)29-12-5-4-6-13-29/h7-8,14-15,17,26H,2-6,9-13,16,25H2,1H3. The summed E-state index contributed by atoms with van der Waals surface area (Å²) in [5.41, 5.74) is 10.5. The zero-order chi connectivity index (χ0) is 20.3. The molecule has 1 aliphatic carbocycles. The summed E-state index contributed by atoms with van der Waals surface area (Å²) in [6, 6.07) is 8.16. The van der Waals surface area contributed by atoms with Crippen molar-refractivity contribution in [2.75, 3.05) is 23.7 Å². The normalized spacial score (nSPS) is 17.9. The molecule has 2 fully saturated rings. The highest BCUT2D eigenvalue weighted by Gasteiger charge is 2.41. The van der Waals surface area contributed by atoms with Crippen LogP contribution in [0.1, 0.15) is 75.1 Å². The molecule has 0 radical (unpaired) electrons. The third-order valence-electron chi connectivity index (χ3n) is 6.57. The molecule has 1 aliphatic heterocycles. The number of nitrogens with one attached hydrogen (secondary N) is 1. The van der Waals surface area contributed by atoms with E-state index in [0.717, 1.165) is 30.9 Å². The Balaban J connectivity index is 1.54. The second-order valence-electron chi connectivity index (χ2n) is 8.89. The lowest BCUT2D eigenvalue weighted by Gasteiger charge is -2.27. The molecule has 2 aromatic rings. The zero-order valence-electron chi connectivity index (χ0n) is 17.6. The smallest absolute Gasteiger partial charge is 0.132 e. The molecule has 0 unspecified atom stereocenters. The van der Waals surface area contributed by atoms with Crippen molar-refractivity contribution < 1.29 is 0 Å². The van der Waals surface area contributed by atoms with Gasteiger partial charge in [0.25, 0.3) is 0 Å². The van der Waals surface area contributed by atoms with Crippen molar-refractivity contribution in [1.82, 2.24) is 9.97 Å². The summed E-state index contributed by atoms with van der Waals surface area (Å²) in [6.45, 7) is 4.32. The quantitative estimate of drug-likeness (QED) is 0.491. The lowest BCUT2D eigenvalue weighted by molar-refractivity contribution is 0.442. The van der Waals surface area contributed by atoms with E-state index in [1.165, 1.54) is 56.9 Å². The Morgan fingerprint density at radius 2 is 1.93 bits per heavy atom. The van der Waals surface area contributed by atoms with Gasteiger partial charge < -0.3 is 10.6 Å². The fourth-order valence-corrected chi connectivity index (χ4v) is 4.52. The molecule has 1 aromatic carbocycles. The maximum Gasteiger partial charge on any atom is 0.132 e. The summed E-state index contributed by atoms with van der Waals surface area (Å²) in [4.78, 5) is 11.1. The fraction of sp³-hybridized carbons (Fsp3) is 0.542. The number of nitrogen functional groups attached to an aromatic ring is 1. The maximum absolute atomic E-state index is 8.79. The first-order valence-electron chi connectivity index (χ1n) is 11.1. The Hall–Kier alpha value is -2.43. The monoisotopic (exact) mass is 391 g/mol. The molecule has 3 N–H and O–H groups in total. The van der Waals surface area contributed by atoms with Gasteiger partial charge in [0.2, 0.25) is 0 Å². The van der Waals surface area contributed by atoms with Crippen LogP contribution in [0.15, 0.2) is 30.6 Å². The van der Waals surface area contributed by atoms with Gasteiger partial charge in [-0.2, -0.15) is 0 Å². The molecule has 2 aliphatic rings. The van der Waals surface area contributed by atoms with Crippen molar-refractivity contribution >= 4 is 17.2 Å². The van der Waals surface area contributed by atoms with Gasteiger partial charge in [-0.05, 0) is 68.1 Å². The van der Waals surface area contributed by atoms with Crippen molar-refractivity contribution in [2.45, 2.75) is 64.7 Å². The van der Waals surface area contributed by atoms with Gasteiger partial charge in [-0.1, -0.05) is 25.8 Å². The highest BCUT2D eigenvalue weighted by atomic mass is 15.2.